The number of aliphatic imine (C=N–C) groups is 1. The zero-order valence-corrected chi connectivity index (χ0v) is 15.2. The summed E-state index contributed by atoms with van der Waals surface area (Å²) >= 11 is 0. The van der Waals surface area contributed by atoms with Crippen LogP contribution in [0.1, 0.15) is 26.5 Å². The van der Waals surface area contributed by atoms with Gasteiger partial charge in [-0.2, -0.15) is 0 Å². The van der Waals surface area contributed by atoms with Crippen LogP contribution in [0.25, 0.3) is 11.4 Å². The maximum Gasteiger partial charge on any atom is 0.153 e. The minimum atomic E-state index is 0.156. The maximum atomic E-state index is 5.86. The van der Waals surface area contributed by atoms with Crippen molar-refractivity contribution in [1.82, 2.24) is 14.9 Å². The second kappa shape index (κ2) is 7.01. The third-order valence-corrected chi connectivity index (χ3v) is 3.76. The van der Waals surface area contributed by atoms with Crippen molar-refractivity contribution in [2.75, 3.05) is 13.7 Å². The van der Waals surface area contributed by atoms with Gasteiger partial charge in [0.05, 0.1) is 19.2 Å². The minimum absolute atomic E-state index is 0.156. The van der Waals surface area contributed by atoms with E-state index in [0.29, 0.717) is 6.61 Å². The average Bonchev–Trinajstić information content (AvgIpc) is 2.90. The van der Waals surface area contributed by atoms with E-state index in [2.05, 4.69) is 21.5 Å². The van der Waals surface area contributed by atoms with Crippen molar-refractivity contribution < 1.29 is 9.47 Å². The van der Waals surface area contributed by atoms with E-state index >= 15 is 0 Å². The molecule has 0 saturated carbocycles. The Morgan fingerprint density at radius 1 is 1.44 bits per heavy atom. The maximum absolute atomic E-state index is 5.86. The summed E-state index contributed by atoms with van der Waals surface area (Å²) in [6.07, 6.45) is 2.01. The highest BCUT2D eigenvalue weighted by Crippen LogP contribution is 2.34. The van der Waals surface area contributed by atoms with Crippen molar-refractivity contribution in [3.05, 3.63) is 42.4 Å². The van der Waals surface area contributed by atoms with E-state index < -0.39 is 0 Å². The summed E-state index contributed by atoms with van der Waals surface area (Å²) in [4.78, 5) is 9.48. The molecule has 0 saturated heterocycles. The van der Waals surface area contributed by atoms with E-state index in [-0.39, 0.29) is 6.04 Å². The van der Waals surface area contributed by atoms with Crippen molar-refractivity contribution >= 4 is 5.84 Å². The molecule has 2 heterocycles. The number of hydrogen-bond acceptors (Lipinski definition) is 4. The van der Waals surface area contributed by atoms with Crippen LogP contribution in [0.5, 0.6) is 11.5 Å². The predicted octanol–water partition coefficient (Wildman–Crippen LogP) is 3.23. The number of allylic oxidation sites excluding steroid dienone is 1. The minimum Gasteiger partial charge on any atom is -0.497 e. The predicted molar refractivity (Wildman–Crippen MR) is 99.3 cm³/mol. The van der Waals surface area contributed by atoms with Gasteiger partial charge in [0.2, 0.25) is 0 Å². The highest BCUT2D eigenvalue weighted by atomic mass is 16.5. The number of rotatable bonds is 4. The van der Waals surface area contributed by atoms with Crippen LogP contribution >= 0.6 is 0 Å². The monoisotopic (exact) mass is 340 g/mol. The molecular formula is C19H24N4O2. The number of ether oxygens (including phenoxy) is 2. The first-order valence-corrected chi connectivity index (χ1v) is 8.37. The van der Waals surface area contributed by atoms with Crippen LogP contribution in [0.3, 0.4) is 0 Å². The first-order chi connectivity index (χ1) is 12.0. The molecule has 0 amide bonds. The number of methoxy groups -OCH3 is 1. The smallest absolute Gasteiger partial charge is 0.153 e. The molecule has 25 heavy (non-hydrogen) atoms. The third-order valence-electron chi connectivity index (χ3n) is 3.76. The zero-order chi connectivity index (χ0) is 18.0. The topological polar surface area (TPSA) is 60.7 Å². The third kappa shape index (κ3) is 3.68. The summed E-state index contributed by atoms with van der Waals surface area (Å²) in [5, 5.41) is 3.22. The van der Waals surface area contributed by atoms with Crippen molar-refractivity contribution in [2.45, 2.75) is 33.4 Å². The van der Waals surface area contributed by atoms with Crippen LogP contribution in [0.15, 0.2) is 41.7 Å². The molecule has 1 N–H and O–H groups in total. The standard InChI is InChI=1S/C19H24N4O2/c1-12(2)20-18(21-13(3)4)16-11-23-8-9-25-17-10-14(24-5)6-7-15(17)19(23)22-16/h6-7,10-11,13H,1,8-9H2,2-5H3,(H,20,21). The van der Waals surface area contributed by atoms with Gasteiger partial charge in [-0.3, -0.25) is 4.99 Å². The average molecular weight is 340 g/mol. The molecule has 6 nitrogen and oxygen atoms in total. The van der Waals surface area contributed by atoms with E-state index in [9.17, 15) is 0 Å². The fourth-order valence-corrected chi connectivity index (χ4v) is 2.73. The number of hydrogen-bond donors (Lipinski definition) is 1. The molecule has 0 aliphatic carbocycles. The molecule has 0 spiro atoms. The van der Waals surface area contributed by atoms with Gasteiger partial charge in [-0.1, -0.05) is 6.58 Å². The second-order valence-electron chi connectivity index (χ2n) is 6.33. The van der Waals surface area contributed by atoms with Gasteiger partial charge in [-0.05, 0) is 32.9 Å². The van der Waals surface area contributed by atoms with Gasteiger partial charge < -0.3 is 19.4 Å². The lowest BCUT2D eigenvalue weighted by atomic mass is 10.2. The summed E-state index contributed by atoms with van der Waals surface area (Å²) in [5.41, 5.74) is 2.58. The number of nitrogens with one attached hydrogen (secondary N) is 1. The van der Waals surface area contributed by atoms with Crippen LogP contribution in [-0.2, 0) is 6.54 Å². The van der Waals surface area contributed by atoms with Gasteiger partial charge in [-0.25, -0.2) is 4.98 Å². The van der Waals surface area contributed by atoms with E-state index in [0.717, 1.165) is 46.7 Å². The molecule has 0 atom stereocenters. The Labute approximate surface area is 148 Å². The molecule has 1 aliphatic heterocycles. The van der Waals surface area contributed by atoms with Crippen molar-refractivity contribution in [3.8, 4) is 22.9 Å². The second-order valence-corrected chi connectivity index (χ2v) is 6.33. The summed E-state index contributed by atoms with van der Waals surface area (Å²) in [6.45, 7) is 11.2. The molecule has 0 unspecified atom stereocenters. The first-order valence-electron chi connectivity index (χ1n) is 8.37. The molecular weight excluding hydrogens is 316 g/mol. The van der Waals surface area contributed by atoms with Crippen molar-refractivity contribution in [2.24, 2.45) is 4.99 Å². The molecule has 3 rings (SSSR count). The van der Waals surface area contributed by atoms with Gasteiger partial charge in [-0.15, -0.1) is 0 Å². The lowest BCUT2D eigenvalue weighted by Crippen LogP contribution is -2.24. The van der Waals surface area contributed by atoms with E-state index in [1.165, 1.54) is 0 Å². The van der Waals surface area contributed by atoms with Gasteiger partial charge in [0, 0.05) is 24.0 Å². The highest BCUT2D eigenvalue weighted by Gasteiger charge is 2.21. The number of nitrogens with zero attached hydrogens (tertiary/aromatic N) is 3. The Morgan fingerprint density at radius 3 is 2.92 bits per heavy atom. The first kappa shape index (κ1) is 17.1. The fraction of sp³-hybridized carbons (Fsp3) is 0.368. The number of benzene rings is 1. The lowest BCUT2D eigenvalue weighted by molar-refractivity contribution is 0.304. The quantitative estimate of drug-likeness (QED) is 0.686. The van der Waals surface area contributed by atoms with Gasteiger partial charge in [0.15, 0.2) is 5.84 Å². The largest absolute Gasteiger partial charge is 0.497 e. The molecule has 1 aliphatic rings. The molecule has 132 valence electrons. The fourth-order valence-electron chi connectivity index (χ4n) is 2.73. The number of amidine groups is 1. The zero-order valence-electron chi connectivity index (χ0n) is 15.2. The van der Waals surface area contributed by atoms with Crippen LogP contribution in [0, 0.1) is 0 Å². The van der Waals surface area contributed by atoms with Crippen LogP contribution in [0.4, 0.5) is 0 Å². The Hall–Kier alpha value is -2.76. The molecule has 1 aromatic heterocycles. The van der Waals surface area contributed by atoms with E-state index in [1.54, 1.807) is 7.11 Å². The summed E-state index contributed by atoms with van der Waals surface area (Å²) in [5.74, 6) is 3.15. The van der Waals surface area contributed by atoms with Crippen LogP contribution in [-0.4, -0.2) is 35.1 Å². The summed E-state index contributed by atoms with van der Waals surface area (Å²) in [7, 11) is 1.65. The summed E-state index contributed by atoms with van der Waals surface area (Å²) in [6, 6.07) is 5.95. The molecule has 0 bridgehead atoms. The van der Waals surface area contributed by atoms with Gasteiger partial charge in [0.1, 0.15) is 29.6 Å². The molecule has 2 aromatic rings. The van der Waals surface area contributed by atoms with Crippen molar-refractivity contribution in [3.63, 3.8) is 0 Å². The number of imidazole rings is 1. The normalized spacial score (nSPS) is 13.6. The Morgan fingerprint density at radius 2 is 2.24 bits per heavy atom. The summed E-state index contributed by atoms with van der Waals surface area (Å²) < 4.78 is 13.3. The Bertz CT molecular complexity index is 821. The highest BCUT2D eigenvalue weighted by molar-refractivity contribution is 5.98. The SMILES string of the molecule is C=C(C)NC(=NC(C)C)c1cn2c(n1)-c1ccc(OC)cc1OCC2. The van der Waals surface area contributed by atoms with Gasteiger partial charge in [0.25, 0.3) is 0 Å². The molecule has 0 radical (unpaired) electrons. The molecule has 6 heteroatoms. The lowest BCUT2D eigenvalue weighted by Gasteiger charge is -2.10. The number of fused-ring (bicyclic) bond motifs is 3. The number of aromatic nitrogens is 2. The van der Waals surface area contributed by atoms with Crippen LogP contribution in [0.2, 0.25) is 0 Å². The van der Waals surface area contributed by atoms with Crippen LogP contribution < -0.4 is 14.8 Å². The van der Waals surface area contributed by atoms with Gasteiger partial charge >= 0.3 is 0 Å². The molecule has 1 aromatic carbocycles. The van der Waals surface area contributed by atoms with Crippen molar-refractivity contribution in [1.29, 1.82) is 0 Å². The molecule has 0 fully saturated rings. The Kier molecular flexibility index (Phi) is 4.79. The van der Waals surface area contributed by atoms with E-state index in [4.69, 9.17) is 14.5 Å². The van der Waals surface area contributed by atoms with E-state index in [1.807, 2.05) is 45.2 Å². The Balaban J connectivity index is 2.06.